The van der Waals surface area contributed by atoms with E-state index in [1.54, 1.807) is 12.2 Å². The summed E-state index contributed by atoms with van der Waals surface area (Å²) in [5.41, 5.74) is 0.778. The molecule has 2 amide bonds. The number of aliphatic carboxylic acids is 1. The SMILES string of the molecule is O=C(O)C1CCCN1C(=O)NC1=CC=C(Cl)CC1. The predicted molar refractivity (Wildman–Crippen MR) is 67.1 cm³/mol. The summed E-state index contributed by atoms with van der Waals surface area (Å²) in [5, 5.41) is 12.5. The lowest BCUT2D eigenvalue weighted by Crippen LogP contribution is -2.45. The number of rotatable bonds is 2. The normalized spacial score (nSPS) is 23.4. The van der Waals surface area contributed by atoms with Gasteiger partial charge in [-0.2, -0.15) is 0 Å². The maximum atomic E-state index is 12.0. The molecule has 1 saturated heterocycles. The standard InChI is InChI=1S/C12H15ClN2O3/c13-8-3-5-9(6-4-8)14-12(18)15-7-1-2-10(15)11(16)17/h3,5,10H,1-2,4,6-7H2,(H,14,18)(H,16,17). The van der Waals surface area contributed by atoms with Gasteiger partial charge in [0.05, 0.1) is 0 Å². The second-order valence-electron chi connectivity index (χ2n) is 4.43. The van der Waals surface area contributed by atoms with Crippen LogP contribution in [0.15, 0.2) is 22.9 Å². The van der Waals surface area contributed by atoms with E-state index in [0.29, 0.717) is 25.8 Å². The van der Waals surface area contributed by atoms with Gasteiger partial charge in [0.15, 0.2) is 0 Å². The van der Waals surface area contributed by atoms with Crippen LogP contribution in [0, 0.1) is 0 Å². The number of amides is 2. The van der Waals surface area contributed by atoms with E-state index in [9.17, 15) is 9.59 Å². The van der Waals surface area contributed by atoms with E-state index in [2.05, 4.69) is 5.32 Å². The summed E-state index contributed by atoms with van der Waals surface area (Å²) in [4.78, 5) is 24.3. The summed E-state index contributed by atoms with van der Waals surface area (Å²) in [6, 6.07) is -1.04. The third-order valence-electron chi connectivity index (χ3n) is 3.16. The van der Waals surface area contributed by atoms with Crippen molar-refractivity contribution >= 4 is 23.6 Å². The topological polar surface area (TPSA) is 69.6 Å². The van der Waals surface area contributed by atoms with Crippen molar-refractivity contribution in [1.82, 2.24) is 10.2 Å². The molecule has 6 heteroatoms. The number of hydrogen-bond donors (Lipinski definition) is 2. The van der Waals surface area contributed by atoms with Crippen LogP contribution in [0.1, 0.15) is 25.7 Å². The lowest BCUT2D eigenvalue weighted by molar-refractivity contribution is -0.141. The van der Waals surface area contributed by atoms with Crippen LogP contribution in [0.2, 0.25) is 0 Å². The highest BCUT2D eigenvalue weighted by molar-refractivity contribution is 6.29. The quantitative estimate of drug-likeness (QED) is 0.807. The van der Waals surface area contributed by atoms with Crippen molar-refractivity contribution in [1.29, 1.82) is 0 Å². The number of carbonyl (C=O) groups is 2. The predicted octanol–water partition coefficient (Wildman–Crippen LogP) is 2.05. The Morgan fingerprint density at radius 2 is 2.17 bits per heavy atom. The van der Waals surface area contributed by atoms with Crippen molar-refractivity contribution in [3.8, 4) is 0 Å². The van der Waals surface area contributed by atoms with Gasteiger partial charge in [0, 0.05) is 17.3 Å². The zero-order valence-corrected chi connectivity index (χ0v) is 10.6. The first kappa shape index (κ1) is 13.0. The van der Waals surface area contributed by atoms with Gasteiger partial charge >= 0.3 is 12.0 Å². The summed E-state index contributed by atoms with van der Waals surface area (Å²) in [7, 11) is 0. The molecule has 1 aliphatic heterocycles. The minimum atomic E-state index is -0.941. The molecule has 18 heavy (non-hydrogen) atoms. The van der Waals surface area contributed by atoms with Gasteiger partial charge in [-0.15, -0.1) is 0 Å². The van der Waals surface area contributed by atoms with Gasteiger partial charge in [0.25, 0.3) is 0 Å². The fourth-order valence-electron chi connectivity index (χ4n) is 2.19. The summed E-state index contributed by atoms with van der Waals surface area (Å²) in [6.45, 7) is 0.493. The molecule has 1 aliphatic carbocycles. The molecule has 0 spiro atoms. The van der Waals surface area contributed by atoms with E-state index in [1.165, 1.54) is 4.90 Å². The Labute approximate surface area is 110 Å². The molecule has 1 heterocycles. The number of allylic oxidation sites excluding steroid dienone is 4. The van der Waals surface area contributed by atoms with Gasteiger partial charge < -0.3 is 15.3 Å². The summed E-state index contributed by atoms with van der Waals surface area (Å²) >= 11 is 5.83. The minimum absolute atomic E-state index is 0.336. The molecule has 2 aliphatic rings. The van der Waals surface area contributed by atoms with E-state index < -0.39 is 12.0 Å². The number of urea groups is 1. The minimum Gasteiger partial charge on any atom is -0.480 e. The number of carboxylic acid groups (broad SMARTS) is 1. The zero-order valence-electron chi connectivity index (χ0n) is 9.86. The van der Waals surface area contributed by atoms with E-state index in [0.717, 1.165) is 17.2 Å². The molecular formula is C12H15ClN2O3. The molecule has 0 aromatic carbocycles. The van der Waals surface area contributed by atoms with E-state index >= 15 is 0 Å². The van der Waals surface area contributed by atoms with Gasteiger partial charge in [-0.3, -0.25) is 0 Å². The molecule has 0 aromatic heterocycles. The number of halogens is 1. The average molecular weight is 271 g/mol. The first-order valence-corrected chi connectivity index (χ1v) is 6.31. The fourth-order valence-corrected chi connectivity index (χ4v) is 2.35. The smallest absolute Gasteiger partial charge is 0.326 e. The summed E-state index contributed by atoms with van der Waals surface area (Å²) in [6.07, 6.45) is 6.14. The largest absolute Gasteiger partial charge is 0.480 e. The van der Waals surface area contributed by atoms with Crippen LogP contribution in [0.25, 0.3) is 0 Å². The Kier molecular flexibility index (Phi) is 3.91. The van der Waals surface area contributed by atoms with E-state index in [1.807, 2.05) is 0 Å². The maximum Gasteiger partial charge on any atom is 0.326 e. The molecule has 0 aromatic rings. The molecule has 0 saturated carbocycles. The summed E-state index contributed by atoms with van der Waals surface area (Å²) in [5.74, 6) is -0.941. The van der Waals surface area contributed by atoms with Crippen LogP contribution >= 0.6 is 11.6 Å². The summed E-state index contributed by atoms with van der Waals surface area (Å²) < 4.78 is 0. The fraction of sp³-hybridized carbons (Fsp3) is 0.500. The van der Waals surface area contributed by atoms with Crippen molar-refractivity contribution in [2.24, 2.45) is 0 Å². The second kappa shape index (κ2) is 5.44. The lowest BCUT2D eigenvalue weighted by atomic mass is 10.1. The molecule has 0 bridgehead atoms. The molecule has 5 nitrogen and oxygen atoms in total. The molecular weight excluding hydrogens is 256 g/mol. The number of carbonyl (C=O) groups excluding carboxylic acids is 1. The van der Waals surface area contributed by atoms with Crippen LogP contribution in [0.5, 0.6) is 0 Å². The third-order valence-corrected chi connectivity index (χ3v) is 3.48. The molecule has 2 N–H and O–H groups in total. The van der Waals surface area contributed by atoms with E-state index in [-0.39, 0.29) is 6.03 Å². The monoisotopic (exact) mass is 270 g/mol. The first-order valence-electron chi connectivity index (χ1n) is 5.93. The van der Waals surface area contributed by atoms with Gasteiger partial charge in [0.1, 0.15) is 6.04 Å². The molecule has 98 valence electrons. The van der Waals surface area contributed by atoms with Crippen molar-refractivity contribution in [2.75, 3.05) is 6.54 Å². The van der Waals surface area contributed by atoms with Gasteiger partial charge in [0.2, 0.25) is 0 Å². The van der Waals surface area contributed by atoms with Crippen molar-refractivity contribution in [2.45, 2.75) is 31.7 Å². The lowest BCUT2D eigenvalue weighted by Gasteiger charge is -2.23. The third kappa shape index (κ3) is 2.85. The number of hydrogen-bond acceptors (Lipinski definition) is 2. The van der Waals surface area contributed by atoms with Crippen molar-refractivity contribution < 1.29 is 14.7 Å². The molecule has 1 fully saturated rings. The highest BCUT2D eigenvalue weighted by atomic mass is 35.5. The Morgan fingerprint density at radius 1 is 1.39 bits per heavy atom. The number of carboxylic acids is 1. The highest BCUT2D eigenvalue weighted by Gasteiger charge is 2.34. The first-order chi connectivity index (χ1) is 8.58. The maximum absolute atomic E-state index is 12.0. The number of likely N-dealkylation sites (tertiary alicyclic amines) is 1. The van der Waals surface area contributed by atoms with Crippen molar-refractivity contribution in [3.05, 3.63) is 22.9 Å². The molecule has 2 rings (SSSR count). The number of nitrogens with zero attached hydrogens (tertiary/aromatic N) is 1. The van der Waals surface area contributed by atoms with Crippen LogP contribution in [-0.4, -0.2) is 34.6 Å². The average Bonchev–Trinajstić information content (AvgIpc) is 2.81. The Bertz CT molecular complexity index is 431. The van der Waals surface area contributed by atoms with E-state index in [4.69, 9.17) is 16.7 Å². The van der Waals surface area contributed by atoms with Crippen molar-refractivity contribution in [3.63, 3.8) is 0 Å². The molecule has 1 atom stereocenters. The van der Waals surface area contributed by atoms with Crippen LogP contribution < -0.4 is 5.32 Å². The van der Waals surface area contributed by atoms with Crippen LogP contribution in [0.4, 0.5) is 4.79 Å². The van der Waals surface area contributed by atoms with Gasteiger partial charge in [-0.25, -0.2) is 9.59 Å². The van der Waals surface area contributed by atoms with Crippen LogP contribution in [0.3, 0.4) is 0 Å². The molecule has 0 radical (unpaired) electrons. The van der Waals surface area contributed by atoms with Crippen LogP contribution in [-0.2, 0) is 4.79 Å². The zero-order chi connectivity index (χ0) is 13.1. The highest BCUT2D eigenvalue weighted by Crippen LogP contribution is 2.21. The second-order valence-corrected chi connectivity index (χ2v) is 4.91. The Morgan fingerprint density at radius 3 is 2.78 bits per heavy atom. The van der Waals surface area contributed by atoms with Gasteiger partial charge in [-0.05, 0) is 37.8 Å². The Hall–Kier alpha value is -1.49. The Balaban J connectivity index is 1.98. The molecule has 1 unspecified atom stereocenters. The van der Waals surface area contributed by atoms with Gasteiger partial charge in [-0.1, -0.05) is 11.6 Å². The number of nitrogens with one attached hydrogen (secondary N) is 1.